The van der Waals surface area contributed by atoms with Gasteiger partial charge in [-0.05, 0) is 32.0 Å². The van der Waals surface area contributed by atoms with Gasteiger partial charge in [-0.15, -0.1) is 11.3 Å². The second-order valence-corrected chi connectivity index (χ2v) is 5.83. The fourth-order valence-corrected chi connectivity index (χ4v) is 2.99. The minimum absolute atomic E-state index is 0.133. The van der Waals surface area contributed by atoms with Crippen molar-refractivity contribution < 1.29 is 0 Å². The number of benzene rings is 1. The Morgan fingerprint density at radius 1 is 1.42 bits per heavy atom. The topological polar surface area (TPSA) is 76.7 Å². The van der Waals surface area contributed by atoms with Gasteiger partial charge < -0.3 is 10.7 Å². The number of H-pyrrole nitrogens is 1. The van der Waals surface area contributed by atoms with E-state index in [1.165, 1.54) is 4.88 Å². The maximum absolute atomic E-state index is 12.0. The van der Waals surface area contributed by atoms with Gasteiger partial charge in [0.15, 0.2) is 0 Å². The van der Waals surface area contributed by atoms with Crippen LogP contribution in [0.2, 0.25) is 0 Å². The number of nitrogens with one attached hydrogen (secondary N) is 1. The molecule has 3 aromatic rings. The Morgan fingerprint density at radius 2 is 2.21 bits per heavy atom. The third kappa shape index (κ3) is 2.04. The minimum Gasteiger partial charge on any atom is -0.399 e. The lowest BCUT2D eigenvalue weighted by atomic mass is 10.3. The summed E-state index contributed by atoms with van der Waals surface area (Å²) in [5.74, 6) is 0. The first-order valence-electron chi connectivity index (χ1n) is 5.95. The van der Waals surface area contributed by atoms with Gasteiger partial charge in [-0.2, -0.15) is 0 Å². The number of nitrogens with two attached hydrogens (primary N) is 1. The highest BCUT2D eigenvalue weighted by Gasteiger charge is 2.10. The van der Waals surface area contributed by atoms with Crippen LogP contribution in [0.4, 0.5) is 5.69 Å². The molecule has 0 spiro atoms. The van der Waals surface area contributed by atoms with Crippen LogP contribution in [0.5, 0.6) is 0 Å². The molecule has 0 atom stereocenters. The third-order valence-corrected chi connectivity index (χ3v) is 4.22. The molecule has 5 nitrogen and oxygen atoms in total. The van der Waals surface area contributed by atoms with Crippen LogP contribution in [-0.2, 0) is 6.54 Å². The first-order chi connectivity index (χ1) is 9.04. The van der Waals surface area contributed by atoms with Crippen molar-refractivity contribution >= 4 is 28.1 Å². The van der Waals surface area contributed by atoms with E-state index in [1.807, 2.05) is 19.9 Å². The maximum Gasteiger partial charge on any atom is 0.326 e. The molecule has 6 heteroatoms. The van der Waals surface area contributed by atoms with Crippen LogP contribution in [-0.4, -0.2) is 14.5 Å². The molecular formula is C13H14N4OS. The Bertz CT molecular complexity index is 792. The van der Waals surface area contributed by atoms with E-state index in [1.54, 1.807) is 28.0 Å². The number of hydrogen-bond donors (Lipinski definition) is 2. The van der Waals surface area contributed by atoms with Gasteiger partial charge in [0.25, 0.3) is 0 Å². The SMILES string of the molecule is Cc1nc(Cn2c(=O)[nH]c3ccc(N)cc32)sc1C. The summed E-state index contributed by atoms with van der Waals surface area (Å²) in [6.07, 6.45) is 0. The fraction of sp³-hybridized carbons (Fsp3) is 0.231. The van der Waals surface area contributed by atoms with E-state index in [0.29, 0.717) is 12.2 Å². The summed E-state index contributed by atoms with van der Waals surface area (Å²) in [5, 5.41) is 0.931. The van der Waals surface area contributed by atoms with Crippen LogP contribution in [0.1, 0.15) is 15.6 Å². The average molecular weight is 274 g/mol. The van der Waals surface area contributed by atoms with Crippen molar-refractivity contribution in [3.8, 4) is 0 Å². The zero-order valence-electron chi connectivity index (χ0n) is 10.7. The molecule has 3 rings (SSSR count). The zero-order chi connectivity index (χ0) is 13.6. The molecule has 0 saturated carbocycles. The molecule has 0 aliphatic rings. The van der Waals surface area contributed by atoms with E-state index >= 15 is 0 Å². The molecule has 0 bridgehead atoms. The zero-order valence-corrected chi connectivity index (χ0v) is 11.5. The van der Waals surface area contributed by atoms with Crippen molar-refractivity contribution in [2.24, 2.45) is 0 Å². The van der Waals surface area contributed by atoms with Crippen LogP contribution in [0, 0.1) is 13.8 Å². The second kappa shape index (κ2) is 4.24. The number of hydrogen-bond acceptors (Lipinski definition) is 4. The van der Waals surface area contributed by atoms with Gasteiger partial charge in [0.2, 0.25) is 0 Å². The van der Waals surface area contributed by atoms with Crippen LogP contribution >= 0.6 is 11.3 Å². The van der Waals surface area contributed by atoms with Gasteiger partial charge in [0.05, 0.1) is 23.3 Å². The summed E-state index contributed by atoms with van der Waals surface area (Å²) >= 11 is 1.62. The highest BCUT2D eigenvalue weighted by molar-refractivity contribution is 7.11. The quantitative estimate of drug-likeness (QED) is 0.702. The van der Waals surface area contributed by atoms with Crippen molar-refractivity contribution in [2.45, 2.75) is 20.4 Å². The van der Waals surface area contributed by atoms with Crippen molar-refractivity contribution in [1.82, 2.24) is 14.5 Å². The summed E-state index contributed by atoms with van der Waals surface area (Å²) in [5.41, 5.74) is 8.92. The van der Waals surface area contributed by atoms with Crippen LogP contribution in [0.25, 0.3) is 11.0 Å². The molecule has 2 heterocycles. The third-order valence-electron chi connectivity index (χ3n) is 3.17. The van der Waals surface area contributed by atoms with E-state index < -0.39 is 0 Å². The van der Waals surface area contributed by atoms with Crippen molar-refractivity contribution in [3.05, 3.63) is 44.3 Å². The van der Waals surface area contributed by atoms with Gasteiger partial charge in [0.1, 0.15) is 5.01 Å². The van der Waals surface area contributed by atoms with Gasteiger partial charge in [0, 0.05) is 10.6 Å². The summed E-state index contributed by atoms with van der Waals surface area (Å²) in [6, 6.07) is 5.40. The first-order valence-corrected chi connectivity index (χ1v) is 6.77. The molecule has 0 aliphatic heterocycles. The molecule has 0 radical (unpaired) electrons. The molecular weight excluding hydrogens is 260 g/mol. The number of nitrogen functional groups attached to an aromatic ring is 1. The number of thiazole rings is 1. The highest BCUT2D eigenvalue weighted by Crippen LogP contribution is 2.19. The Morgan fingerprint density at radius 3 is 2.89 bits per heavy atom. The molecule has 0 saturated heterocycles. The summed E-state index contributed by atoms with van der Waals surface area (Å²) in [4.78, 5) is 20.5. The predicted octanol–water partition coefficient (Wildman–Crippen LogP) is 2.03. The lowest BCUT2D eigenvalue weighted by molar-refractivity contribution is 0.778. The van der Waals surface area contributed by atoms with Gasteiger partial charge in [-0.3, -0.25) is 4.57 Å². The maximum atomic E-state index is 12.0. The molecule has 98 valence electrons. The molecule has 0 amide bonds. The number of rotatable bonds is 2. The fourth-order valence-electron chi connectivity index (χ4n) is 2.07. The average Bonchev–Trinajstić information content (AvgIpc) is 2.82. The van der Waals surface area contributed by atoms with E-state index in [4.69, 9.17) is 5.73 Å². The molecule has 0 unspecified atom stereocenters. The lowest BCUT2D eigenvalue weighted by Gasteiger charge is -2.01. The molecule has 0 fully saturated rings. The van der Waals surface area contributed by atoms with Crippen LogP contribution in [0.3, 0.4) is 0 Å². The number of anilines is 1. The summed E-state index contributed by atoms with van der Waals surface area (Å²) in [6.45, 7) is 4.49. The first kappa shape index (κ1) is 12.0. The Balaban J connectivity index is 2.11. The van der Waals surface area contributed by atoms with Gasteiger partial charge >= 0.3 is 5.69 Å². The minimum atomic E-state index is -0.133. The number of nitrogens with zero attached hydrogens (tertiary/aromatic N) is 2. The van der Waals surface area contributed by atoms with Crippen molar-refractivity contribution in [3.63, 3.8) is 0 Å². The summed E-state index contributed by atoms with van der Waals surface area (Å²) < 4.78 is 1.67. The molecule has 1 aromatic carbocycles. The number of aromatic nitrogens is 3. The predicted molar refractivity (Wildman–Crippen MR) is 77.7 cm³/mol. The molecule has 0 aliphatic carbocycles. The Kier molecular flexibility index (Phi) is 2.67. The van der Waals surface area contributed by atoms with Gasteiger partial charge in [-0.25, -0.2) is 9.78 Å². The monoisotopic (exact) mass is 274 g/mol. The van der Waals surface area contributed by atoms with E-state index in [0.717, 1.165) is 21.7 Å². The van der Waals surface area contributed by atoms with E-state index in [2.05, 4.69) is 9.97 Å². The molecule has 19 heavy (non-hydrogen) atoms. The second-order valence-electron chi connectivity index (χ2n) is 4.54. The van der Waals surface area contributed by atoms with Crippen molar-refractivity contribution in [2.75, 3.05) is 5.73 Å². The van der Waals surface area contributed by atoms with Crippen LogP contribution in [0.15, 0.2) is 23.0 Å². The van der Waals surface area contributed by atoms with E-state index in [9.17, 15) is 4.79 Å². The number of imidazole rings is 1. The van der Waals surface area contributed by atoms with Crippen molar-refractivity contribution in [1.29, 1.82) is 0 Å². The Labute approximate surface area is 113 Å². The van der Waals surface area contributed by atoms with Crippen LogP contribution < -0.4 is 11.4 Å². The molecule has 2 aromatic heterocycles. The highest BCUT2D eigenvalue weighted by atomic mass is 32.1. The Hall–Kier alpha value is -2.08. The van der Waals surface area contributed by atoms with E-state index in [-0.39, 0.29) is 5.69 Å². The number of aromatic amines is 1. The largest absolute Gasteiger partial charge is 0.399 e. The molecule has 3 N–H and O–H groups in total. The number of aryl methyl sites for hydroxylation is 2. The summed E-state index contributed by atoms with van der Waals surface area (Å²) in [7, 11) is 0. The smallest absolute Gasteiger partial charge is 0.326 e. The van der Waals surface area contributed by atoms with Gasteiger partial charge in [-0.1, -0.05) is 0 Å². The lowest BCUT2D eigenvalue weighted by Crippen LogP contribution is -2.17. The number of fused-ring (bicyclic) bond motifs is 1. The standard InChI is InChI=1S/C13H14N4OS/c1-7-8(2)19-12(15-7)6-17-11-5-9(14)3-4-10(11)16-13(17)18/h3-5H,6,14H2,1-2H3,(H,16,18). The normalized spacial score (nSPS) is 11.3.